The molecule has 2 nitrogen and oxygen atoms in total. The third-order valence-corrected chi connectivity index (χ3v) is 3.80. The van der Waals surface area contributed by atoms with Crippen molar-refractivity contribution in [2.24, 2.45) is 0 Å². The van der Waals surface area contributed by atoms with Crippen LogP contribution in [-0.4, -0.2) is 14.2 Å². The molecule has 2 rings (SSSR count). The molecule has 2 aromatic rings. The summed E-state index contributed by atoms with van der Waals surface area (Å²) in [5.41, 5.74) is 2.65. The third-order valence-electron chi connectivity index (χ3n) is 3.31. The molecule has 0 heterocycles. The zero-order chi connectivity index (χ0) is 14.7. The molecule has 0 bridgehead atoms. The molecule has 0 radical (unpaired) electrons. The van der Waals surface area contributed by atoms with Gasteiger partial charge in [-0.1, -0.05) is 28.1 Å². The van der Waals surface area contributed by atoms with E-state index in [1.165, 1.54) is 6.07 Å². The maximum Gasteiger partial charge on any atom is 0.126 e. The van der Waals surface area contributed by atoms with Gasteiger partial charge in [-0.25, -0.2) is 4.39 Å². The van der Waals surface area contributed by atoms with E-state index >= 15 is 0 Å². The van der Waals surface area contributed by atoms with Crippen LogP contribution in [0.4, 0.5) is 4.39 Å². The highest BCUT2D eigenvalue weighted by Gasteiger charge is 2.17. The predicted molar refractivity (Wildman–Crippen MR) is 82.7 cm³/mol. The van der Waals surface area contributed by atoms with Crippen LogP contribution in [0.15, 0.2) is 40.9 Å². The summed E-state index contributed by atoms with van der Waals surface area (Å²) in [5, 5.41) is 3.26. The molecule has 1 unspecified atom stereocenters. The number of benzene rings is 2. The molecular formula is C16H17BrFNO. The topological polar surface area (TPSA) is 21.3 Å². The molecule has 0 saturated heterocycles. The SMILES string of the molecule is CNC(c1ccc(F)c(C)c1)c1cc(Br)ccc1OC. The van der Waals surface area contributed by atoms with Crippen LogP contribution in [0, 0.1) is 12.7 Å². The number of methoxy groups -OCH3 is 1. The van der Waals surface area contributed by atoms with Crippen LogP contribution in [0.2, 0.25) is 0 Å². The van der Waals surface area contributed by atoms with Gasteiger partial charge < -0.3 is 10.1 Å². The smallest absolute Gasteiger partial charge is 0.126 e. The van der Waals surface area contributed by atoms with Crippen molar-refractivity contribution in [2.45, 2.75) is 13.0 Å². The molecule has 0 spiro atoms. The Morgan fingerprint density at radius 3 is 2.55 bits per heavy atom. The molecule has 106 valence electrons. The first-order valence-electron chi connectivity index (χ1n) is 6.33. The standard InChI is InChI=1S/C16H17BrFNO/c1-10-8-11(4-6-14(10)18)16(19-2)13-9-12(17)5-7-15(13)20-3/h4-9,16,19H,1-3H3. The second-order valence-electron chi connectivity index (χ2n) is 4.62. The van der Waals surface area contributed by atoms with Gasteiger partial charge in [-0.05, 0) is 49.4 Å². The Balaban J connectivity index is 2.51. The minimum absolute atomic E-state index is 0.0539. The van der Waals surface area contributed by atoms with Crippen molar-refractivity contribution >= 4 is 15.9 Å². The molecule has 0 aliphatic rings. The van der Waals surface area contributed by atoms with Crippen molar-refractivity contribution in [3.05, 3.63) is 63.4 Å². The summed E-state index contributed by atoms with van der Waals surface area (Å²) < 4.78 is 19.8. The Kier molecular flexibility index (Phi) is 4.78. The fourth-order valence-corrected chi connectivity index (χ4v) is 2.66. The second kappa shape index (κ2) is 6.37. The van der Waals surface area contributed by atoms with Gasteiger partial charge in [-0.3, -0.25) is 0 Å². The highest BCUT2D eigenvalue weighted by molar-refractivity contribution is 9.10. The summed E-state index contributed by atoms with van der Waals surface area (Å²) in [6, 6.07) is 11.0. The first-order chi connectivity index (χ1) is 9.56. The predicted octanol–water partition coefficient (Wildman–Crippen LogP) is 4.21. The third kappa shape index (κ3) is 3.02. The van der Waals surface area contributed by atoms with Crippen molar-refractivity contribution < 1.29 is 9.13 Å². The van der Waals surface area contributed by atoms with E-state index in [2.05, 4.69) is 21.2 Å². The molecule has 0 fully saturated rings. The van der Waals surface area contributed by atoms with Crippen molar-refractivity contribution in [1.82, 2.24) is 5.32 Å². The van der Waals surface area contributed by atoms with Gasteiger partial charge in [-0.2, -0.15) is 0 Å². The first kappa shape index (κ1) is 15.0. The molecule has 0 aliphatic heterocycles. The maximum absolute atomic E-state index is 13.4. The van der Waals surface area contributed by atoms with Crippen LogP contribution in [0.1, 0.15) is 22.7 Å². The summed E-state index contributed by atoms with van der Waals surface area (Å²) in [4.78, 5) is 0. The summed E-state index contributed by atoms with van der Waals surface area (Å²) in [7, 11) is 3.53. The lowest BCUT2D eigenvalue weighted by Gasteiger charge is -2.20. The Labute approximate surface area is 127 Å². The van der Waals surface area contributed by atoms with E-state index in [9.17, 15) is 4.39 Å². The first-order valence-corrected chi connectivity index (χ1v) is 7.13. The molecule has 0 amide bonds. The Hall–Kier alpha value is -1.39. The number of halogens is 2. The maximum atomic E-state index is 13.4. The fourth-order valence-electron chi connectivity index (χ4n) is 2.28. The Bertz CT molecular complexity index is 615. The number of ether oxygens (including phenoxy) is 1. The minimum Gasteiger partial charge on any atom is -0.496 e. The van der Waals surface area contributed by atoms with E-state index < -0.39 is 0 Å². The van der Waals surface area contributed by atoms with Gasteiger partial charge in [0.15, 0.2) is 0 Å². The lowest BCUT2D eigenvalue weighted by Crippen LogP contribution is -2.18. The van der Waals surface area contributed by atoms with Gasteiger partial charge in [0.25, 0.3) is 0 Å². The molecule has 1 N–H and O–H groups in total. The van der Waals surface area contributed by atoms with E-state index in [-0.39, 0.29) is 11.9 Å². The van der Waals surface area contributed by atoms with Gasteiger partial charge in [0.2, 0.25) is 0 Å². The average molecular weight is 338 g/mol. The van der Waals surface area contributed by atoms with Crippen LogP contribution in [0.3, 0.4) is 0 Å². The quantitative estimate of drug-likeness (QED) is 0.902. The molecule has 1 atom stereocenters. The van der Waals surface area contributed by atoms with Crippen LogP contribution < -0.4 is 10.1 Å². The monoisotopic (exact) mass is 337 g/mol. The summed E-state index contributed by atoms with van der Waals surface area (Å²) in [6.45, 7) is 1.77. The number of rotatable bonds is 4. The van der Waals surface area contributed by atoms with Crippen molar-refractivity contribution in [3.63, 3.8) is 0 Å². The minimum atomic E-state index is -0.190. The van der Waals surface area contributed by atoms with Gasteiger partial charge in [0.1, 0.15) is 11.6 Å². The number of hydrogen-bond acceptors (Lipinski definition) is 2. The van der Waals surface area contributed by atoms with Crippen LogP contribution in [-0.2, 0) is 0 Å². The van der Waals surface area contributed by atoms with E-state index in [4.69, 9.17) is 4.74 Å². The van der Waals surface area contributed by atoms with Gasteiger partial charge in [0, 0.05) is 10.0 Å². The van der Waals surface area contributed by atoms with Crippen molar-refractivity contribution in [3.8, 4) is 5.75 Å². The molecule has 4 heteroatoms. The lowest BCUT2D eigenvalue weighted by molar-refractivity contribution is 0.405. The van der Waals surface area contributed by atoms with E-state index in [1.807, 2.05) is 31.3 Å². The van der Waals surface area contributed by atoms with Crippen molar-refractivity contribution in [2.75, 3.05) is 14.2 Å². The van der Waals surface area contributed by atoms with Gasteiger partial charge in [-0.15, -0.1) is 0 Å². The summed E-state index contributed by atoms with van der Waals surface area (Å²) in [6.07, 6.45) is 0. The summed E-state index contributed by atoms with van der Waals surface area (Å²) >= 11 is 3.48. The van der Waals surface area contributed by atoms with Crippen LogP contribution in [0.25, 0.3) is 0 Å². The fraction of sp³-hybridized carbons (Fsp3) is 0.250. The molecule has 0 aliphatic carbocycles. The zero-order valence-corrected chi connectivity index (χ0v) is 13.3. The molecular weight excluding hydrogens is 321 g/mol. The van der Waals surface area contributed by atoms with E-state index in [0.717, 1.165) is 21.3 Å². The largest absolute Gasteiger partial charge is 0.496 e. The average Bonchev–Trinajstić information content (AvgIpc) is 2.44. The second-order valence-corrected chi connectivity index (χ2v) is 5.53. The summed E-state index contributed by atoms with van der Waals surface area (Å²) in [5.74, 6) is 0.610. The molecule has 0 saturated carbocycles. The van der Waals surface area contributed by atoms with E-state index in [1.54, 1.807) is 20.1 Å². The Morgan fingerprint density at radius 2 is 1.95 bits per heavy atom. The number of hydrogen-bond donors (Lipinski definition) is 1. The Morgan fingerprint density at radius 1 is 1.20 bits per heavy atom. The number of nitrogens with one attached hydrogen (secondary N) is 1. The molecule has 2 aromatic carbocycles. The zero-order valence-electron chi connectivity index (χ0n) is 11.7. The highest BCUT2D eigenvalue weighted by Crippen LogP contribution is 2.32. The normalized spacial score (nSPS) is 12.2. The van der Waals surface area contributed by atoms with Crippen LogP contribution >= 0.6 is 15.9 Å². The van der Waals surface area contributed by atoms with Crippen LogP contribution in [0.5, 0.6) is 5.75 Å². The highest BCUT2D eigenvalue weighted by atomic mass is 79.9. The lowest BCUT2D eigenvalue weighted by atomic mass is 9.96. The van der Waals surface area contributed by atoms with Gasteiger partial charge in [0.05, 0.1) is 13.2 Å². The van der Waals surface area contributed by atoms with E-state index in [0.29, 0.717) is 5.56 Å². The number of aryl methyl sites for hydroxylation is 1. The molecule has 20 heavy (non-hydrogen) atoms. The van der Waals surface area contributed by atoms with Gasteiger partial charge >= 0.3 is 0 Å². The molecule has 0 aromatic heterocycles. The van der Waals surface area contributed by atoms with Crippen molar-refractivity contribution in [1.29, 1.82) is 0 Å².